The number of nitrogens with one attached hydrogen (secondary N) is 1. The van der Waals surface area contributed by atoms with Gasteiger partial charge in [0.15, 0.2) is 0 Å². The summed E-state index contributed by atoms with van der Waals surface area (Å²) < 4.78 is 4.95. The fourth-order valence-electron chi connectivity index (χ4n) is 1.12. The lowest BCUT2D eigenvalue weighted by Gasteiger charge is -2.14. The van der Waals surface area contributed by atoms with E-state index in [4.69, 9.17) is 15.6 Å². The second-order valence-electron chi connectivity index (χ2n) is 3.71. The van der Waals surface area contributed by atoms with Gasteiger partial charge in [0, 0.05) is 13.5 Å². The molecule has 0 rings (SSSR count). The molecule has 0 radical (unpaired) electrons. The molecule has 0 saturated carbocycles. The minimum atomic E-state index is -1.28. The molecule has 0 aromatic heterocycles. The van der Waals surface area contributed by atoms with E-state index in [0.29, 0.717) is 6.42 Å². The van der Waals surface area contributed by atoms with Crippen LogP contribution in [0.5, 0.6) is 0 Å². The molecule has 0 aliphatic carbocycles. The number of primary amides is 1. The van der Waals surface area contributed by atoms with Crippen LogP contribution < -0.4 is 11.1 Å². The number of hydrogen-bond donors (Lipinski definition) is 3. The van der Waals surface area contributed by atoms with Crippen LogP contribution in [-0.4, -0.2) is 42.1 Å². The zero-order chi connectivity index (χ0) is 13.4. The van der Waals surface area contributed by atoms with Crippen molar-refractivity contribution in [2.24, 2.45) is 5.73 Å². The van der Waals surface area contributed by atoms with E-state index in [-0.39, 0.29) is 12.5 Å². The second kappa shape index (κ2) is 7.61. The van der Waals surface area contributed by atoms with Crippen LogP contribution in [0.2, 0.25) is 0 Å². The molecular weight excluding hydrogens is 228 g/mol. The summed E-state index contributed by atoms with van der Waals surface area (Å²) in [4.78, 5) is 32.7. The third-order valence-corrected chi connectivity index (χ3v) is 2.22. The number of amides is 2. The van der Waals surface area contributed by atoms with Gasteiger partial charge in [0.25, 0.3) is 0 Å². The van der Waals surface area contributed by atoms with E-state index in [1.54, 1.807) is 6.92 Å². The first kappa shape index (κ1) is 15.4. The Hall–Kier alpha value is -1.63. The van der Waals surface area contributed by atoms with Crippen molar-refractivity contribution in [2.45, 2.75) is 38.3 Å². The topological polar surface area (TPSA) is 119 Å². The van der Waals surface area contributed by atoms with Crippen molar-refractivity contribution < 1.29 is 24.2 Å². The first-order chi connectivity index (χ1) is 7.86. The lowest BCUT2D eigenvalue weighted by molar-refractivity contribution is -0.143. The Balaban J connectivity index is 4.13. The van der Waals surface area contributed by atoms with E-state index in [1.807, 2.05) is 0 Å². The molecule has 0 aromatic carbocycles. The Morgan fingerprint density at radius 3 is 2.41 bits per heavy atom. The summed E-state index contributed by atoms with van der Waals surface area (Å²) in [5.41, 5.74) is 4.88. The van der Waals surface area contributed by atoms with Gasteiger partial charge in [-0.05, 0) is 13.3 Å². The number of methoxy groups -OCH3 is 1. The summed E-state index contributed by atoms with van der Waals surface area (Å²) in [7, 11) is 1.52. The maximum atomic E-state index is 11.4. The number of carbonyl (C=O) groups excluding carboxylic acids is 2. The van der Waals surface area contributed by atoms with Crippen molar-refractivity contribution in [2.75, 3.05) is 7.11 Å². The first-order valence-electron chi connectivity index (χ1n) is 5.20. The molecule has 2 atom stereocenters. The van der Waals surface area contributed by atoms with Gasteiger partial charge in [-0.15, -0.1) is 0 Å². The summed E-state index contributed by atoms with van der Waals surface area (Å²) in [5.74, 6) is -2.50. The molecular formula is C10H18N2O5. The van der Waals surface area contributed by atoms with Crippen molar-refractivity contribution in [3.8, 4) is 0 Å². The normalized spacial score (nSPS) is 13.8. The Bertz CT molecular complexity index is 292. The minimum absolute atomic E-state index is 0.0832. The first-order valence-corrected chi connectivity index (χ1v) is 5.20. The predicted molar refractivity (Wildman–Crippen MR) is 59.1 cm³/mol. The van der Waals surface area contributed by atoms with Gasteiger partial charge in [-0.1, -0.05) is 0 Å². The molecule has 0 aliphatic heterocycles. The van der Waals surface area contributed by atoms with Crippen molar-refractivity contribution in [1.82, 2.24) is 5.32 Å². The SMILES string of the molecule is COC(C)CCC(=O)NC(CC(N)=O)C(=O)O. The second-order valence-corrected chi connectivity index (χ2v) is 3.71. The smallest absolute Gasteiger partial charge is 0.326 e. The van der Waals surface area contributed by atoms with E-state index in [0.717, 1.165) is 0 Å². The number of hydrogen-bond acceptors (Lipinski definition) is 4. The highest BCUT2D eigenvalue weighted by Crippen LogP contribution is 2.01. The summed E-state index contributed by atoms with van der Waals surface area (Å²) in [6.45, 7) is 1.80. The predicted octanol–water partition coefficient (Wildman–Crippen LogP) is -0.754. The van der Waals surface area contributed by atoms with Gasteiger partial charge < -0.3 is 20.9 Å². The number of aliphatic carboxylic acids is 1. The highest BCUT2D eigenvalue weighted by molar-refractivity contribution is 5.88. The molecule has 0 fully saturated rings. The molecule has 0 heterocycles. The molecule has 2 unspecified atom stereocenters. The maximum absolute atomic E-state index is 11.4. The molecule has 0 aromatic rings. The summed E-state index contributed by atoms with van der Waals surface area (Å²) in [6, 6.07) is -1.27. The number of rotatable bonds is 8. The zero-order valence-corrected chi connectivity index (χ0v) is 9.93. The van der Waals surface area contributed by atoms with Gasteiger partial charge in [0.05, 0.1) is 12.5 Å². The van der Waals surface area contributed by atoms with Crippen molar-refractivity contribution in [1.29, 1.82) is 0 Å². The number of nitrogens with two attached hydrogens (primary N) is 1. The van der Waals surface area contributed by atoms with Crippen molar-refractivity contribution in [3.05, 3.63) is 0 Å². The summed E-state index contributed by atoms with van der Waals surface area (Å²) >= 11 is 0. The molecule has 0 bridgehead atoms. The standard InChI is InChI=1S/C10H18N2O5/c1-6(17-2)3-4-9(14)12-7(10(15)16)5-8(11)13/h6-7H,3-5H2,1-2H3,(H2,11,13)(H,12,14)(H,15,16). The zero-order valence-electron chi connectivity index (χ0n) is 9.93. The van der Waals surface area contributed by atoms with Crippen LogP contribution in [0.1, 0.15) is 26.2 Å². The largest absolute Gasteiger partial charge is 0.480 e. The number of carboxylic acids is 1. The Labute approximate surface area is 99.3 Å². The third-order valence-electron chi connectivity index (χ3n) is 2.22. The maximum Gasteiger partial charge on any atom is 0.326 e. The molecule has 7 heteroatoms. The Morgan fingerprint density at radius 2 is 2.00 bits per heavy atom. The van der Waals surface area contributed by atoms with Gasteiger partial charge in [-0.2, -0.15) is 0 Å². The molecule has 0 spiro atoms. The van der Waals surface area contributed by atoms with Gasteiger partial charge in [0.2, 0.25) is 11.8 Å². The average Bonchev–Trinajstić information content (AvgIpc) is 2.24. The van der Waals surface area contributed by atoms with E-state index in [2.05, 4.69) is 5.32 Å². The fourth-order valence-corrected chi connectivity index (χ4v) is 1.12. The molecule has 2 amide bonds. The van der Waals surface area contributed by atoms with Crippen LogP contribution in [-0.2, 0) is 19.1 Å². The number of ether oxygens (including phenoxy) is 1. The fraction of sp³-hybridized carbons (Fsp3) is 0.700. The molecule has 0 saturated heterocycles. The lowest BCUT2D eigenvalue weighted by atomic mass is 10.1. The molecule has 7 nitrogen and oxygen atoms in total. The highest BCUT2D eigenvalue weighted by Gasteiger charge is 2.21. The Kier molecular flexibility index (Phi) is 6.88. The number of carbonyl (C=O) groups is 3. The molecule has 4 N–H and O–H groups in total. The van der Waals surface area contributed by atoms with E-state index in [1.165, 1.54) is 7.11 Å². The van der Waals surface area contributed by atoms with Crippen LogP contribution in [0.3, 0.4) is 0 Å². The van der Waals surface area contributed by atoms with E-state index in [9.17, 15) is 14.4 Å². The van der Waals surface area contributed by atoms with Gasteiger partial charge in [0.1, 0.15) is 6.04 Å². The van der Waals surface area contributed by atoms with Crippen LogP contribution in [0, 0.1) is 0 Å². The highest BCUT2D eigenvalue weighted by atomic mass is 16.5. The summed E-state index contributed by atoms with van der Waals surface area (Å²) in [6.07, 6.45) is 0.115. The average molecular weight is 246 g/mol. The van der Waals surface area contributed by atoms with Crippen molar-refractivity contribution in [3.63, 3.8) is 0 Å². The van der Waals surface area contributed by atoms with Gasteiger partial charge >= 0.3 is 5.97 Å². The molecule has 0 aliphatic rings. The molecule has 98 valence electrons. The van der Waals surface area contributed by atoms with Gasteiger partial charge in [-0.25, -0.2) is 4.79 Å². The van der Waals surface area contributed by atoms with Crippen LogP contribution in [0.15, 0.2) is 0 Å². The van der Waals surface area contributed by atoms with Crippen molar-refractivity contribution >= 4 is 17.8 Å². The van der Waals surface area contributed by atoms with Crippen LogP contribution in [0.25, 0.3) is 0 Å². The van der Waals surface area contributed by atoms with Crippen LogP contribution >= 0.6 is 0 Å². The lowest BCUT2D eigenvalue weighted by Crippen LogP contribution is -2.43. The monoisotopic (exact) mass is 246 g/mol. The minimum Gasteiger partial charge on any atom is -0.480 e. The van der Waals surface area contributed by atoms with E-state index >= 15 is 0 Å². The Morgan fingerprint density at radius 1 is 1.41 bits per heavy atom. The summed E-state index contributed by atoms with van der Waals surface area (Å²) in [5, 5.41) is 11.0. The van der Waals surface area contributed by atoms with Gasteiger partial charge in [-0.3, -0.25) is 9.59 Å². The van der Waals surface area contributed by atoms with Crippen LogP contribution in [0.4, 0.5) is 0 Å². The number of carboxylic acid groups (broad SMARTS) is 1. The van der Waals surface area contributed by atoms with E-state index < -0.39 is 30.2 Å². The molecule has 17 heavy (non-hydrogen) atoms. The quantitative estimate of drug-likeness (QED) is 0.520. The third kappa shape index (κ3) is 7.29.